The Bertz CT molecular complexity index is 372. The van der Waals surface area contributed by atoms with Crippen LogP contribution in [0.4, 0.5) is 0 Å². The van der Waals surface area contributed by atoms with Gasteiger partial charge in [0.05, 0.1) is 11.4 Å². The van der Waals surface area contributed by atoms with Gasteiger partial charge in [-0.05, 0) is 24.3 Å². The summed E-state index contributed by atoms with van der Waals surface area (Å²) in [6.45, 7) is 0.934. The monoisotopic (exact) mass is 203 g/mol. The second-order valence-electron chi connectivity index (χ2n) is 3.88. The quantitative estimate of drug-likeness (QED) is 0.729. The smallest absolute Gasteiger partial charge is 0.0667 e. The Morgan fingerprint density at radius 1 is 1.40 bits per heavy atom. The van der Waals surface area contributed by atoms with E-state index in [9.17, 15) is 0 Å². The van der Waals surface area contributed by atoms with Crippen molar-refractivity contribution in [3.63, 3.8) is 0 Å². The molecule has 0 radical (unpaired) electrons. The highest BCUT2D eigenvalue weighted by Gasteiger charge is 2.18. The summed E-state index contributed by atoms with van der Waals surface area (Å²) in [5, 5.41) is 3.18. The largest absolute Gasteiger partial charge is 0.388 e. The minimum absolute atomic E-state index is 0.934. The van der Waals surface area contributed by atoms with Gasteiger partial charge in [0.1, 0.15) is 0 Å². The average molecular weight is 203 g/mol. The van der Waals surface area contributed by atoms with E-state index in [0.717, 1.165) is 6.54 Å². The van der Waals surface area contributed by atoms with Crippen LogP contribution in [0.3, 0.4) is 0 Å². The Morgan fingerprint density at radius 2 is 2.20 bits per heavy atom. The summed E-state index contributed by atoms with van der Waals surface area (Å²) in [4.78, 5) is 4.39. The molecule has 0 saturated carbocycles. The number of fused-ring (bicyclic) bond motifs is 1. The molecule has 0 aromatic carbocycles. The van der Waals surface area contributed by atoms with Crippen molar-refractivity contribution < 1.29 is 0 Å². The van der Waals surface area contributed by atoms with Crippen LogP contribution < -0.4 is 5.32 Å². The number of rotatable bonds is 2. The average Bonchev–Trinajstić information content (AvgIpc) is 2.27. The summed E-state index contributed by atoms with van der Waals surface area (Å²) < 4.78 is 0. The molecule has 2 aliphatic rings. The van der Waals surface area contributed by atoms with Gasteiger partial charge < -0.3 is 15.1 Å². The maximum absolute atomic E-state index is 3.18. The van der Waals surface area contributed by atoms with E-state index >= 15 is 0 Å². The number of likely N-dealkylation sites (N-methyl/N-ethyl adjacent to an activating group) is 2. The van der Waals surface area contributed by atoms with Crippen molar-refractivity contribution in [1.82, 2.24) is 15.1 Å². The fourth-order valence-electron chi connectivity index (χ4n) is 1.82. The molecule has 0 aliphatic carbocycles. The van der Waals surface area contributed by atoms with E-state index in [4.69, 9.17) is 0 Å². The molecule has 80 valence electrons. The lowest BCUT2D eigenvalue weighted by molar-refractivity contribution is 0.435. The molecule has 0 aromatic rings. The Hall–Kier alpha value is -1.64. The summed E-state index contributed by atoms with van der Waals surface area (Å²) in [6, 6.07) is 0. The van der Waals surface area contributed by atoms with Gasteiger partial charge in [-0.2, -0.15) is 0 Å². The topological polar surface area (TPSA) is 18.5 Å². The van der Waals surface area contributed by atoms with E-state index in [2.05, 4.69) is 59.7 Å². The first-order valence-corrected chi connectivity index (χ1v) is 5.15. The SMILES string of the molecule is CNC1=CCN2C=CC=C(N(C)C)C2=C1. The Morgan fingerprint density at radius 3 is 2.87 bits per heavy atom. The lowest BCUT2D eigenvalue weighted by Gasteiger charge is -2.33. The molecule has 0 spiro atoms. The summed E-state index contributed by atoms with van der Waals surface area (Å²) >= 11 is 0. The third-order valence-corrected chi connectivity index (χ3v) is 2.66. The van der Waals surface area contributed by atoms with Crippen LogP contribution in [0.25, 0.3) is 0 Å². The number of hydrogen-bond donors (Lipinski definition) is 1. The van der Waals surface area contributed by atoms with Crippen molar-refractivity contribution in [2.45, 2.75) is 0 Å². The van der Waals surface area contributed by atoms with Gasteiger partial charge in [-0.3, -0.25) is 0 Å². The van der Waals surface area contributed by atoms with Crippen LogP contribution in [0, 0.1) is 0 Å². The molecule has 0 unspecified atom stereocenters. The summed E-state index contributed by atoms with van der Waals surface area (Å²) in [5.41, 5.74) is 3.69. The van der Waals surface area contributed by atoms with Crippen LogP contribution in [0.2, 0.25) is 0 Å². The molecular formula is C12H17N3. The maximum Gasteiger partial charge on any atom is 0.0667 e. The Kier molecular flexibility index (Phi) is 2.54. The number of allylic oxidation sites excluding steroid dienone is 3. The highest BCUT2D eigenvalue weighted by molar-refractivity contribution is 5.43. The summed E-state index contributed by atoms with van der Waals surface area (Å²) in [6.07, 6.45) is 10.7. The molecule has 3 nitrogen and oxygen atoms in total. The molecule has 2 aliphatic heterocycles. The second kappa shape index (κ2) is 3.85. The summed E-state index contributed by atoms with van der Waals surface area (Å²) in [7, 11) is 6.10. The molecule has 0 amide bonds. The molecule has 3 heteroatoms. The van der Waals surface area contributed by atoms with Crippen molar-refractivity contribution >= 4 is 0 Å². The molecule has 2 heterocycles. The predicted octanol–water partition coefficient (Wildman–Crippen LogP) is 1.26. The molecule has 0 bridgehead atoms. The van der Waals surface area contributed by atoms with Crippen molar-refractivity contribution in [2.24, 2.45) is 0 Å². The van der Waals surface area contributed by atoms with E-state index < -0.39 is 0 Å². The van der Waals surface area contributed by atoms with Gasteiger partial charge >= 0.3 is 0 Å². The zero-order chi connectivity index (χ0) is 10.8. The zero-order valence-corrected chi connectivity index (χ0v) is 9.49. The van der Waals surface area contributed by atoms with E-state index in [-0.39, 0.29) is 0 Å². The predicted molar refractivity (Wildman–Crippen MR) is 62.8 cm³/mol. The van der Waals surface area contributed by atoms with Crippen molar-refractivity contribution in [3.8, 4) is 0 Å². The van der Waals surface area contributed by atoms with Crippen LogP contribution in [0.15, 0.2) is 47.6 Å². The molecule has 0 fully saturated rings. The van der Waals surface area contributed by atoms with Gasteiger partial charge in [0.15, 0.2) is 0 Å². The van der Waals surface area contributed by atoms with Crippen LogP contribution in [-0.2, 0) is 0 Å². The Balaban J connectivity index is 2.35. The third kappa shape index (κ3) is 1.77. The minimum Gasteiger partial charge on any atom is -0.388 e. The molecule has 0 saturated heterocycles. The van der Waals surface area contributed by atoms with Crippen LogP contribution in [0.5, 0.6) is 0 Å². The highest BCUT2D eigenvalue weighted by atomic mass is 15.2. The van der Waals surface area contributed by atoms with E-state index in [1.807, 2.05) is 7.05 Å². The van der Waals surface area contributed by atoms with Crippen molar-refractivity contribution in [3.05, 3.63) is 47.6 Å². The van der Waals surface area contributed by atoms with Gasteiger partial charge in [-0.15, -0.1) is 0 Å². The third-order valence-electron chi connectivity index (χ3n) is 2.66. The number of nitrogens with zero attached hydrogens (tertiary/aromatic N) is 2. The summed E-state index contributed by atoms with van der Waals surface area (Å²) in [5.74, 6) is 0. The van der Waals surface area contributed by atoms with Crippen LogP contribution in [-0.4, -0.2) is 37.5 Å². The van der Waals surface area contributed by atoms with Gasteiger partial charge in [0.2, 0.25) is 0 Å². The van der Waals surface area contributed by atoms with E-state index in [1.165, 1.54) is 17.1 Å². The van der Waals surface area contributed by atoms with E-state index in [0.29, 0.717) is 0 Å². The fraction of sp³-hybridized carbons (Fsp3) is 0.333. The first-order chi connectivity index (χ1) is 7.22. The molecule has 0 atom stereocenters. The minimum atomic E-state index is 0.934. The van der Waals surface area contributed by atoms with Gasteiger partial charge in [0, 0.05) is 39.6 Å². The standard InChI is InChI=1S/C12H17N3/c1-13-10-6-8-15-7-4-5-11(14(2)3)12(15)9-10/h4-7,9,13H,8H2,1-3H3. The van der Waals surface area contributed by atoms with Crippen molar-refractivity contribution in [1.29, 1.82) is 0 Å². The Labute approximate surface area is 91.1 Å². The maximum atomic E-state index is 3.18. The molecule has 2 rings (SSSR count). The van der Waals surface area contributed by atoms with E-state index in [1.54, 1.807) is 0 Å². The van der Waals surface area contributed by atoms with Crippen LogP contribution in [0.1, 0.15) is 0 Å². The normalized spacial score (nSPS) is 18.9. The molecule has 0 aromatic heterocycles. The highest BCUT2D eigenvalue weighted by Crippen LogP contribution is 2.25. The number of hydrogen-bond acceptors (Lipinski definition) is 3. The van der Waals surface area contributed by atoms with Gasteiger partial charge in [-0.25, -0.2) is 0 Å². The first kappa shape index (κ1) is 9.90. The molecular weight excluding hydrogens is 186 g/mol. The lowest BCUT2D eigenvalue weighted by Crippen LogP contribution is -2.29. The zero-order valence-electron chi connectivity index (χ0n) is 9.49. The van der Waals surface area contributed by atoms with Crippen LogP contribution >= 0.6 is 0 Å². The lowest BCUT2D eigenvalue weighted by atomic mass is 10.1. The number of nitrogens with one attached hydrogen (secondary N) is 1. The van der Waals surface area contributed by atoms with Gasteiger partial charge in [-0.1, -0.05) is 0 Å². The fourth-order valence-corrected chi connectivity index (χ4v) is 1.82. The molecule has 15 heavy (non-hydrogen) atoms. The van der Waals surface area contributed by atoms with Crippen molar-refractivity contribution in [2.75, 3.05) is 27.7 Å². The van der Waals surface area contributed by atoms with Gasteiger partial charge in [0.25, 0.3) is 0 Å². The molecule has 1 N–H and O–H groups in total. The first-order valence-electron chi connectivity index (χ1n) is 5.15. The second-order valence-corrected chi connectivity index (χ2v) is 3.88.